The second-order valence-corrected chi connectivity index (χ2v) is 2.20. The average Bonchev–Trinajstić information content (AvgIpc) is 2.05. The molecule has 1 heterocycles. The quantitative estimate of drug-likeness (QED) is 0.678. The largest absolute Gasteiger partial charge is 0.281 e. The Morgan fingerprint density at radius 2 is 2.25 bits per heavy atom. The zero-order valence-electron chi connectivity index (χ0n) is 5.63. The zero-order chi connectivity index (χ0) is 9.14. The molecule has 6 heteroatoms. The molecule has 0 saturated carbocycles. The number of nitrogens with zero attached hydrogens (tertiary/aromatic N) is 3. The van der Waals surface area contributed by atoms with Crippen molar-refractivity contribution in [3.63, 3.8) is 0 Å². The summed E-state index contributed by atoms with van der Waals surface area (Å²) in [6.07, 6.45) is -1.89. The molecule has 62 valence electrons. The van der Waals surface area contributed by atoms with Gasteiger partial charge in [-0.25, -0.2) is 18.7 Å². The maximum absolute atomic E-state index is 12.0. The van der Waals surface area contributed by atoms with Crippen LogP contribution in [0, 0.1) is 11.3 Å². The van der Waals surface area contributed by atoms with Gasteiger partial charge in [-0.05, 0) is 0 Å². The summed E-state index contributed by atoms with van der Waals surface area (Å²) < 4.78 is 23.9. The summed E-state index contributed by atoms with van der Waals surface area (Å²) >= 11 is 5.36. The topological polar surface area (TPSA) is 49.6 Å². The van der Waals surface area contributed by atoms with Crippen LogP contribution in [0.1, 0.15) is 17.8 Å². The Bertz CT molecular complexity index is 334. The average molecular weight is 190 g/mol. The van der Waals surface area contributed by atoms with Gasteiger partial charge in [0.05, 0.1) is 6.20 Å². The Balaban J connectivity index is 3.16. The molecule has 0 fully saturated rings. The molecule has 0 N–H and O–H groups in total. The van der Waals surface area contributed by atoms with Crippen molar-refractivity contribution in [1.82, 2.24) is 9.97 Å². The number of alkyl halides is 2. The van der Waals surface area contributed by atoms with Crippen LogP contribution in [0.2, 0.25) is 5.15 Å². The molecule has 0 atom stereocenters. The summed E-state index contributed by atoms with van der Waals surface area (Å²) in [5, 5.41) is 8.18. The summed E-state index contributed by atoms with van der Waals surface area (Å²) in [4.78, 5) is 6.66. The molecule has 0 aliphatic rings. The SMILES string of the molecule is N#Cc1nc(C(F)F)cnc1Cl. The first-order valence-electron chi connectivity index (χ1n) is 2.86. The van der Waals surface area contributed by atoms with Gasteiger partial charge in [0.25, 0.3) is 6.43 Å². The van der Waals surface area contributed by atoms with Crippen LogP contribution >= 0.6 is 11.6 Å². The molecule has 0 unspecified atom stereocenters. The van der Waals surface area contributed by atoms with E-state index in [9.17, 15) is 8.78 Å². The molecule has 1 rings (SSSR count). The van der Waals surface area contributed by atoms with Gasteiger partial charge in [0.2, 0.25) is 0 Å². The summed E-state index contributed by atoms with van der Waals surface area (Å²) in [5.41, 5.74) is -0.828. The van der Waals surface area contributed by atoms with Crippen LogP contribution in [-0.4, -0.2) is 9.97 Å². The van der Waals surface area contributed by atoms with E-state index in [2.05, 4.69) is 9.97 Å². The van der Waals surface area contributed by atoms with Crippen LogP contribution in [0.25, 0.3) is 0 Å². The van der Waals surface area contributed by atoms with Gasteiger partial charge in [0.1, 0.15) is 11.8 Å². The van der Waals surface area contributed by atoms with Gasteiger partial charge in [-0.3, -0.25) is 0 Å². The highest BCUT2D eigenvalue weighted by Gasteiger charge is 2.12. The van der Waals surface area contributed by atoms with Crippen LogP contribution in [0.5, 0.6) is 0 Å². The van der Waals surface area contributed by atoms with E-state index < -0.39 is 12.1 Å². The standard InChI is InChI=1S/C6H2ClF2N3/c7-5-3(1-10)12-4(2-11-5)6(8)9/h2,6H. The zero-order valence-corrected chi connectivity index (χ0v) is 6.39. The summed E-state index contributed by atoms with van der Waals surface area (Å²) in [6, 6.07) is 1.55. The summed E-state index contributed by atoms with van der Waals surface area (Å²) in [6.45, 7) is 0. The molecule has 0 radical (unpaired) electrons. The lowest BCUT2D eigenvalue weighted by Gasteiger charge is -1.98. The first-order chi connectivity index (χ1) is 5.65. The summed E-state index contributed by atoms with van der Waals surface area (Å²) in [5.74, 6) is 0. The van der Waals surface area contributed by atoms with Gasteiger partial charge in [0, 0.05) is 0 Å². The lowest BCUT2D eigenvalue weighted by atomic mass is 10.4. The molecule has 0 spiro atoms. The minimum absolute atomic E-state index is 0.165. The van der Waals surface area contributed by atoms with Gasteiger partial charge in [-0.1, -0.05) is 11.6 Å². The monoisotopic (exact) mass is 189 g/mol. The van der Waals surface area contributed by atoms with E-state index in [1.165, 1.54) is 0 Å². The number of nitriles is 1. The highest BCUT2D eigenvalue weighted by molar-refractivity contribution is 6.30. The highest BCUT2D eigenvalue weighted by atomic mass is 35.5. The van der Waals surface area contributed by atoms with Gasteiger partial charge in [-0.15, -0.1) is 0 Å². The van der Waals surface area contributed by atoms with Crippen molar-refractivity contribution in [3.8, 4) is 6.07 Å². The number of halogens is 3. The minimum Gasteiger partial charge on any atom is -0.239 e. The Kier molecular flexibility index (Phi) is 2.51. The molecular formula is C6H2ClF2N3. The van der Waals surface area contributed by atoms with E-state index in [4.69, 9.17) is 16.9 Å². The Labute approximate surface area is 71.6 Å². The lowest BCUT2D eigenvalue weighted by Crippen LogP contribution is -1.95. The molecule has 0 saturated heterocycles. The number of rotatable bonds is 1. The number of aromatic nitrogens is 2. The molecule has 0 aliphatic heterocycles. The van der Waals surface area contributed by atoms with Crippen molar-refractivity contribution < 1.29 is 8.78 Å². The highest BCUT2D eigenvalue weighted by Crippen LogP contribution is 2.17. The van der Waals surface area contributed by atoms with E-state index in [1.807, 2.05) is 0 Å². The molecule has 0 amide bonds. The predicted molar refractivity (Wildman–Crippen MR) is 36.7 cm³/mol. The van der Waals surface area contributed by atoms with Gasteiger partial charge >= 0.3 is 0 Å². The van der Waals surface area contributed by atoms with Crippen molar-refractivity contribution in [2.24, 2.45) is 0 Å². The van der Waals surface area contributed by atoms with E-state index in [0.29, 0.717) is 0 Å². The molecule has 3 nitrogen and oxygen atoms in total. The third-order valence-electron chi connectivity index (χ3n) is 1.08. The molecule has 0 aliphatic carbocycles. The van der Waals surface area contributed by atoms with Crippen LogP contribution in [0.4, 0.5) is 8.78 Å². The third kappa shape index (κ3) is 1.66. The smallest absolute Gasteiger partial charge is 0.239 e. The first-order valence-corrected chi connectivity index (χ1v) is 3.23. The molecule has 12 heavy (non-hydrogen) atoms. The first kappa shape index (κ1) is 8.81. The van der Waals surface area contributed by atoms with Crippen LogP contribution in [0.15, 0.2) is 6.20 Å². The molecule has 0 bridgehead atoms. The minimum atomic E-state index is -2.73. The number of hydrogen-bond donors (Lipinski definition) is 0. The second kappa shape index (κ2) is 3.41. The molecular weight excluding hydrogens is 188 g/mol. The molecule has 1 aromatic heterocycles. The fourth-order valence-corrected chi connectivity index (χ4v) is 0.698. The van der Waals surface area contributed by atoms with Gasteiger partial charge in [-0.2, -0.15) is 5.26 Å². The van der Waals surface area contributed by atoms with Crippen LogP contribution < -0.4 is 0 Å². The van der Waals surface area contributed by atoms with Crippen molar-refractivity contribution >= 4 is 11.6 Å². The van der Waals surface area contributed by atoms with Gasteiger partial charge < -0.3 is 0 Å². The fraction of sp³-hybridized carbons (Fsp3) is 0.167. The molecule has 1 aromatic rings. The Morgan fingerprint density at radius 3 is 2.75 bits per heavy atom. The third-order valence-corrected chi connectivity index (χ3v) is 1.35. The van der Waals surface area contributed by atoms with Crippen LogP contribution in [-0.2, 0) is 0 Å². The van der Waals surface area contributed by atoms with E-state index in [-0.39, 0.29) is 10.8 Å². The van der Waals surface area contributed by atoms with Crippen molar-refractivity contribution in [2.75, 3.05) is 0 Å². The van der Waals surface area contributed by atoms with Gasteiger partial charge in [0.15, 0.2) is 10.8 Å². The van der Waals surface area contributed by atoms with Crippen LogP contribution in [0.3, 0.4) is 0 Å². The summed E-state index contributed by atoms with van der Waals surface area (Å²) in [7, 11) is 0. The van der Waals surface area contributed by atoms with E-state index >= 15 is 0 Å². The fourth-order valence-electron chi connectivity index (χ4n) is 0.564. The normalized spacial score (nSPS) is 9.92. The van der Waals surface area contributed by atoms with Crippen molar-refractivity contribution in [1.29, 1.82) is 5.26 Å². The maximum Gasteiger partial charge on any atom is 0.281 e. The lowest BCUT2D eigenvalue weighted by molar-refractivity contribution is 0.145. The Hall–Kier alpha value is -1.28. The number of hydrogen-bond acceptors (Lipinski definition) is 3. The predicted octanol–water partition coefficient (Wildman–Crippen LogP) is 1.94. The second-order valence-electron chi connectivity index (χ2n) is 1.85. The molecule has 0 aromatic carbocycles. The maximum atomic E-state index is 12.0. The van der Waals surface area contributed by atoms with Crippen molar-refractivity contribution in [3.05, 3.63) is 22.7 Å². The van der Waals surface area contributed by atoms with E-state index in [1.54, 1.807) is 6.07 Å². The van der Waals surface area contributed by atoms with Crippen molar-refractivity contribution in [2.45, 2.75) is 6.43 Å². The van der Waals surface area contributed by atoms with E-state index in [0.717, 1.165) is 6.20 Å². The Morgan fingerprint density at radius 1 is 1.58 bits per heavy atom.